The predicted molar refractivity (Wildman–Crippen MR) is 64.8 cm³/mol. The molecule has 90 valence electrons. The van der Waals surface area contributed by atoms with Crippen molar-refractivity contribution in [2.75, 3.05) is 7.05 Å². The average molecular weight is 232 g/mol. The number of para-hydroxylation sites is 1. The Morgan fingerprint density at radius 2 is 2.18 bits per heavy atom. The molecule has 4 nitrogen and oxygen atoms in total. The van der Waals surface area contributed by atoms with Crippen LogP contribution < -0.4 is 10.1 Å². The van der Waals surface area contributed by atoms with Gasteiger partial charge >= 0.3 is 0 Å². The van der Waals surface area contributed by atoms with Gasteiger partial charge in [0.25, 0.3) is 0 Å². The van der Waals surface area contributed by atoms with Crippen molar-refractivity contribution in [1.82, 2.24) is 10.5 Å². The van der Waals surface area contributed by atoms with E-state index >= 15 is 0 Å². The lowest BCUT2D eigenvalue weighted by molar-refractivity contribution is 0.247. The molecule has 0 spiro atoms. The fraction of sp³-hybridized carbons (Fsp3) is 0.308. The van der Waals surface area contributed by atoms with Gasteiger partial charge in [0, 0.05) is 12.6 Å². The number of aromatic nitrogens is 1. The van der Waals surface area contributed by atoms with Gasteiger partial charge in [0.05, 0.1) is 5.69 Å². The molecule has 0 amide bonds. The molecule has 0 fully saturated rings. The molecular formula is C13H16N2O2. The van der Waals surface area contributed by atoms with Gasteiger partial charge in [0.2, 0.25) is 0 Å². The molecule has 17 heavy (non-hydrogen) atoms. The molecule has 1 heterocycles. The van der Waals surface area contributed by atoms with Gasteiger partial charge in [-0.1, -0.05) is 23.4 Å². The largest absolute Gasteiger partial charge is 0.485 e. The Morgan fingerprint density at radius 3 is 2.94 bits per heavy atom. The molecule has 0 aliphatic carbocycles. The lowest BCUT2D eigenvalue weighted by Gasteiger charge is -2.05. The molecule has 0 unspecified atom stereocenters. The van der Waals surface area contributed by atoms with Gasteiger partial charge < -0.3 is 14.6 Å². The first kappa shape index (κ1) is 11.7. The zero-order valence-electron chi connectivity index (χ0n) is 10.1. The molecule has 2 rings (SSSR count). The summed E-state index contributed by atoms with van der Waals surface area (Å²) in [6.07, 6.45) is 0. The lowest BCUT2D eigenvalue weighted by Crippen LogP contribution is -2.04. The molecule has 0 aliphatic heterocycles. The van der Waals surface area contributed by atoms with E-state index in [0.717, 1.165) is 22.8 Å². The number of nitrogens with one attached hydrogen (secondary N) is 1. The quantitative estimate of drug-likeness (QED) is 0.859. The Morgan fingerprint density at radius 1 is 1.35 bits per heavy atom. The van der Waals surface area contributed by atoms with E-state index in [2.05, 4.69) is 10.5 Å². The van der Waals surface area contributed by atoms with E-state index in [0.29, 0.717) is 13.2 Å². The number of hydrogen-bond donors (Lipinski definition) is 1. The molecule has 0 saturated heterocycles. The van der Waals surface area contributed by atoms with Crippen LogP contribution in [0.15, 0.2) is 34.9 Å². The maximum absolute atomic E-state index is 5.66. The highest BCUT2D eigenvalue weighted by atomic mass is 16.5. The molecule has 4 heteroatoms. The summed E-state index contributed by atoms with van der Waals surface area (Å²) in [5.41, 5.74) is 2.00. The van der Waals surface area contributed by atoms with Crippen LogP contribution in [-0.4, -0.2) is 12.2 Å². The minimum Gasteiger partial charge on any atom is -0.485 e. The van der Waals surface area contributed by atoms with Gasteiger partial charge in [-0.2, -0.15) is 0 Å². The summed E-state index contributed by atoms with van der Waals surface area (Å²) in [6.45, 7) is 3.12. The number of nitrogens with zero attached hydrogens (tertiary/aromatic N) is 1. The first-order valence-corrected chi connectivity index (χ1v) is 5.57. The van der Waals surface area contributed by atoms with Crippen LogP contribution in [0.5, 0.6) is 5.75 Å². The van der Waals surface area contributed by atoms with Gasteiger partial charge in [-0.05, 0) is 25.6 Å². The van der Waals surface area contributed by atoms with Crippen LogP contribution >= 0.6 is 0 Å². The van der Waals surface area contributed by atoms with Crippen LogP contribution in [0.1, 0.15) is 17.0 Å². The minimum atomic E-state index is 0.404. The number of ether oxygens (including phenoxy) is 1. The van der Waals surface area contributed by atoms with E-state index in [4.69, 9.17) is 9.26 Å². The molecular weight excluding hydrogens is 216 g/mol. The van der Waals surface area contributed by atoms with E-state index in [9.17, 15) is 0 Å². The van der Waals surface area contributed by atoms with E-state index in [1.807, 2.05) is 44.3 Å². The van der Waals surface area contributed by atoms with Crippen molar-refractivity contribution in [2.24, 2.45) is 0 Å². The highest BCUT2D eigenvalue weighted by Crippen LogP contribution is 2.18. The third kappa shape index (κ3) is 3.07. The highest BCUT2D eigenvalue weighted by molar-refractivity contribution is 5.31. The molecule has 0 atom stereocenters. The Hall–Kier alpha value is -1.81. The summed E-state index contributed by atoms with van der Waals surface area (Å²) >= 11 is 0. The second-order valence-electron chi connectivity index (χ2n) is 3.87. The van der Waals surface area contributed by atoms with Crippen LogP contribution in [0, 0.1) is 6.92 Å². The monoisotopic (exact) mass is 232 g/mol. The molecule has 1 N–H and O–H groups in total. The zero-order chi connectivity index (χ0) is 12.1. The Bertz CT molecular complexity index is 480. The van der Waals surface area contributed by atoms with Crippen molar-refractivity contribution in [3.8, 4) is 5.75 Å². The standard InChI is InChI=1S/C13H16N2O2/c1-10-5-3-4-6-13(10)16-9-12-7-11(8-14-2)15-17-12/h3-7,14H,8-9H2,1-2H3. The first-order valence-electron chi connectivity index (χ1n) is 5.57. The summed E-state index contributed by atoms with van der Waals surface area (Å²) in [5.74, 6) is 1.61. The number of aryl methyl sites for hydroxylation is 1. The molecule has 1 aromatic carbocycles. The van der Waals surface area contributed by atoms with E-state index in [1.165, 1.54) is 0 Å². The summed E-state index contributed by atoms with van der Waals surface area (Å²) in [6, 6.07) is 9.80. The third-order valence-electron chi connectivity index (χ3n) is 2.43. The lowest BCUT2D eigenvalue weighted by atomic mass is 10.2. The fourth-order valence-electron chi connectivity index (χ4n) is 1.56. The van der Waals surface area contributed by atoms with E-state index in [1.54, 1.807) is 0 Å². The van der Waals surface area contributed by atoms with Gasteiger partial charge in [-0.3, -0.25) is 0 Å². The fourth-order valence-corrected chi connectivity index (χ4v) is 1.56. The number of benzene rings is 1. The Kier molecular flexibility index (Phi) is 3.77. The number of hydrogen-bond acceptors (Lipinski definition) is 4. The van der Waals surface area contributed by atoms with Crippen molar-refractivity contribution < 1.29 is 9.26 Å². The SMILES string of the molecule is CNCc1cc(COc2ccccc2C)on1. The van der Waals surface area contributed by atoms with Gasteiger partial charge in [0.1, 0.15) is 12.4 Å². The molecule has 0 bridgehead atoms. The van der Waals surface area contributed by atoms with Gasteiger partial charge in [-0.15, -0.1) is 0 Å². The van der Waals surface area contributed by atoms with Crippen LogP contribution in [0.4, 0.5) is 0 Å². The van der Waals surface area contributed by atoms with Gasteiger partial charge in [0.15, 0.2) is 5.76 Å². The predicted octanol–water partition coefficient (Wildman–Crippen LogP) is 2.28. The van der Waals surface area contributed by atoms with E-state index in [-0.39, 0.29) is 0 Å². The molecule has 1 aromatic heterocycles. The smallest absolute Gasteiger partial charge is 0.174 e. The second kappa shape index (κ2) is 5.50. The summed E-state index contributed by atoms with van der Waals surface area (Å²) in [5, 5.41) is 6.94. The van der Waals surface area contributed by atoms with Gasteiger partial charge in [-0.25, -0.2) is 0 Å². The summed E-state index contributed by atoms with van der Waals surface area (Å²) < 4.78 is 10.8. The zero-order valence-corrected chi connectivity index (χ0v) is 10.1. The Balaban J connectivity index is 1.95. The molecule has 0 aliphatic rings. The van der Waals surface area contributed by atoms with Crippen molar-refractivity contribution in [1.29, 1.82) is 0 Å². The second-order valence-corrected chi connectivity index (χ2v) is 3.87. The normalized spacial score (nSPS) is 10.5. The topological polar surface area (TPSA) is 47.3 Å². The highest BCUT2D eigenvalue weighted by Gasteiger charge is 2.05. The first-order chi connectivity index (χ1) is 8.29. The minimum absolute atomic E-state index is 0.404. The van der Waals surface area contributed by atoms with Crippen molar-refractivity contribution in [3.05, 3.63) is 47.3 Å². The maximum Gasteiger partial charge on any atom is 0.174 e. The van der Waals surface area contributed by atoms with Crippen LogP contribution in [0.25, 0.3) is 0 Å². The Labute approximate surface area is 101 Å². The van der Waals surface area contributed by atoms with Crippen molar-refractivity contribution >= 4 is 0 Å². The van der Waals surface area contributed by atoms with Crippen LogP contribution in [0.3, 0.4) is 0 Å². The number of rotatable bonds is 5. The van der Waals surface area contributed by atoms with E-state index < -0.39 is 0 Å². The van der Waals surface area contributed by atoms with Crippen LogP contribution in [-0.2, 0) is 13.2 Å². The average Bonchev–Trinajstić information content (AvgIpc) is 2.76. The summed E-state index contributed by atoms with van der Waals surface area (Å²) in [7, 11) is 1.87. The summed E-state index contributed by atoms with van der Waals surface area (Å²) in [4.78, 5) is 0. The van der Waals surface area contributed by atoms with Crippen molar-refractivity contribution in [3.63, 3.8) is 0 Å². The maximum atomic E-state index is 5.66. The molecule has 2 aromatic rings. The molecule has 0 radical (unpaired) electrons. The third-order valence-corrected chi connectivity index (χ3v) is 2.43. The van der Waals surface area contributed by atoms with Crippen molar-refractivity contribution in [2.45, 2.75) is 20.1 Å². The van der Waals surface area contributed by atoms with Crippen LogP contribution in [0.2, 0.25) is 0 Å². The molecule has 0 saturated carbocycles.